The molecule has 1 aromatic rings. The second kappa shape index (κ2) is 8.90. The summed E-state index contributed by atoms with van der Waals surface area (Å²) in [6.07, 6.45) is 12.2. The molecule has 4 aliphatic rings. The van der Waals surface area contributed by atoms with E-state index in [0.717, 1.165) is 38.5 Å². The van der Waals surface area contributed by atoms with Crippen molar-refractivity contribution in [2.24, 2.45) is 34.5 Å². The summed E-state index contributed by atoms with van der Waals surface area (Å²) in [7, 11) is -3.28. The van der Waals surface area contributed by atoms with Gasteiger partial charge in [-0.2, -0.15) is 0 Å². The van der Waals surface area contributed by atoms with Gasteiger partial charge in [0.15, 0.2) is 9.84 Å². The summed E-state index contributed by atoms with van der Waals surface area (Å²) < 4.78 is 31.8. The van der Waals surface area contributed by atoms with E-state index in [1.165, 1.54) is 18.9 Å². The Bertz CT molecular complexity index is 1150. The molecular weight excluding hydrogens is 456 g/mol. The van der Waals surface area contributed by atoms with Crippen LogP contribution >= 0.6 is 0 Å². The van der Waals surface area contributed by atoms with Gasteiger partial charge in [-0.15, -0.1) is 0 Å². The maximum atomic E-state index is 13.1. The average molecular weight is 497 g/mol. The van der Waals surface area contributed by atoms with Gasteiger partial charge in [-0.3, -0.25) is 4.79 Å². The third-order valence-corrected chi connectivity index (χ3v) is 12.2. The number of hydrogen-bond acceptors (Lipinski definition) is 4. The molecule has 3 saturated carbocycles. The van der Waals surface area contributed by atoms with Crippen molar-refractivity contribution in [3.8, 4) is 0 Å². The van der Waals surface area contributed by atoms with Gasteiger partial charge in [0.05, 0.1) is 10.6 Å². The Balaban J connectivity index is 1.36. The fourth-order valence-electron chi connectivity index (χ4n) is 8.47. The van der Waals surface area contributed by atoms with Crippen molar-refractivity contribution in [2.75, 3.05) is 5.75 Å². The molecule has 0 bridgehead atoms. The lowest BCUT2D eigenvalue weighted by atomic mass is 9.50. The van der Waals surface area contributed by atoms with Gasteiger partial charge in [0.25, 0.3) is 0 Å². The van der Waals surface area contributed by atoms with Crippen molar-refractivity contribution in [3.05, 3.63) is 53.6 Å². The topological polar surface area (TPSA) is 60.4 Å². The molecule has 0 amide bonds. The highest BCUT2D eigenvalue weighted by Crippen LogP contribution is 2.66. The van der Waals surface area contributed by atoms with Gasteiger partial charge in [-0.25, -0.2) is 8.42 Å². The number of benzene rings is 1. The number of rotatable bonds is 5. The highest BCUT2D eigenvalue weighted by molar-refractivity contribution is 7.91. The fourth-order valence-corrected chi connectivity index (χ4v) is 10.2. The van der Waals surface area contributed by atoms with E-state index < -0.39 is 9.84 Å². The minimum absolute atomic E-state index is 0.0129. The Morgan fingerprint density at radius 3 is 2.49 bits per heavy atom. The van der Waals surface area contributed by atoms with Gasteiger partial charge in [0.1, 0.15) is 6.10 Å². The SMILES string of the molecule is CC(=O)O[C@H]1CC[C@]2(C)C(=CC=C3[C@H]4CC[C@@H]([C@H](C)CS(=O)(=O)c5ccccc5)[C@]4(C)CC[C@@H]32)C1. The molecule has 0 spiro atoms. The molecule has 190 valence electrons. The van der Waals surface area contributed by atoms with Gasteiger partial charge in [0, 0.05) is 13.3 Å². The summed E-state index contributed by atoms with van der Waals surface area (Å²) in [4.78, 5) is 11.9. The van der Waals surface area contributed by atoms with Crippen LogP contribution in [0.25, 0.3) is 0 Å². The largest absolute Gasteiger partial charge is 0.462 e. The summed E-state index contributed by atoms with van der Waals surface area (Å²) >= 11 is 0. The molecular formula is C30H40O4S. The van der Waals surface area contributed by atoms with Gasteiger partial charge >= 0.3 is 5.97 Å². The first kappa shape index (κ1) is 24.8. The van der Waals surface area contributed by atoms with Crippen LogP contribution in [-0.2, 0) is 19.4 Å². The maximum absolute atomic E-state index is 13.1. The molecule has 0 N–H and O–H groups in total. The predicted molar refractivity (Wildman–Crippen MR) is 138 cm³/mol. The van der Waals surface area contributed by atoms with E-state index in [9.17, 15) is 13.2 Å². The molecule has 3 fully saturated rings. The Hall–Kier alpha value is -1.88. The lowest BCUT2D eigenvalue weighted by Gasteiger charge is -2.55. The van der Waals surface area contributed by atoms with Crippen molar-refractivity contribution in [1.29, 1.82) is 0 Å². The Labute approximate surface area is 211 Å². The fraction of sp³-hybridized carbons (Fsp3) is 0.633. The van der Waals surface area contributed by atoms with Crippen molar-refractivity contribution in [2.45, 2.75) is 83.6 Å². The molecule has 5 heteroatoms. The Morgan fingerprint density at radius 2 is 1.77 bits per heavy atom. The molecule has 0 heterocycles. The highest BCUT2D eigenvalue weighted by atomic mass is 32.2. The number of carbonyl (C=O) groups is 1. The van der Waals surface area contributed by atoms with Crippen LogP contribution in [0.4, 0.5) is 0 Å². The van der Waals surface area contributed by atoms with E-state index in [1.54, 1.807) is 17.7 Å². The number of ether oxygens (including phenoxy) is 1. The minimum Gasteiger partial charge on any atom is -0.462 e. The van der Waals surface area contributed by atoms with Crippen LogP contribution in [-0.4, -0.2) is 26.2 Å². The van der Waals surface area contributed by atoms with Crippen LogP contribution in [0, 0.1) is 34.5 Å². The minimum atomic E-state index is -3.28. The zero-order valence-corrected chi connectivity index (χ0v) is 22.4. The molecule has 0 unspecified atom stereocenters. The molecule has 0 saturated heterocycles. The smallest absolute Gasteiger partial charge is 0.302 e. The summed E-state index contributed by atoms with van der Waals surface area (Å²) in [5.41, 5.74) is 3.37. The second-order valence-corrected chi connectivity index (χ2v) is 14.2. The van der Waals surface area contributed by atoms with Gasteiger partial charge < -0.3 is 4.74 Å². The monoisotopic (exact) mass is 496 g/mol. The number of esters is 1. The number of hydrogen-bond donors (Lipinski definition) is 0. The molecule has 5 rings (SSSR count). The molecule has 0 aliphatic heterocycles. The van der Waals surface area contributed by atoms with E-state index in [0.29, 0.717) is 22.6 Å². The van der Waals surface area contributed by atoms with E-state index >= 15 is 0 Å². The Morgan fingerprint density at radius 1 is 1.03 bits per heavy atom. The summed E-state index contributed by atoms with van der Waals surface area (Å²) in [5.74, 6) is 1.70. The molecule has 0 radical (unpaired) electrons. The lowest BCUT2D eigenvalue weighted by molar-refractivity contribution is -0.148. The van der Waals surface area contributed by atoms with E-state index in [4.69, 9.17) is 4.74 Å². The molecule has 4 aliphatic carbocycles. The molecule has 0 aromatic heterocycles. The zero-order chi connectivity index (χ0) is 25.0. The number of allylic oxidation sites excluding steroid dienone is 3. The van der Waals surface area contributed by atoms with Crippen molar-refractivity contribution in [3.63, 3.8) is 0 Å². The standard InChI is InChI=1S/C30H40O4S/c1-20(19-35(32,33)24-8-6-5-7-9-24)26-12-13-27-25-11-10-22-18-23(34-21(2)31)14-16-29(22,3)28(25)15-17-30(26,27)4/h5-11,20,23,26-28H,12-19H2,1-4H3/t20-,23+,26+,27-,28+,29-,30+/m1/s1. The first-order chi connectivity index (χ1) is 16.5. The van der Waals surface area contributed by atoms with Crippen LogP contribution < -0.4 is 0 Å². The number of sulfone groups is 1. The molecule has 35 heavy (non-hydrogen) atoms. The van der Waals surface area contributed by atoms with Gasteiger partial charge in [-0.1, -0.05) is 62.3 Å². The van der Waals surface area contributed by atoms with E-state index in [-0.39, 0.29) is 34.6 Å². The summed E-state index contributed by atoms with van der Waals surface area (Å²) in [5, 5.41) is 0. The van der Waals surface area contributed by atoms with Crippen LogP contribution in [0.2, 0.25) is 0 Å². The van der Waals surface area contributed by atoms with Crippen molar-refractivity contribution < 1.29 is 17.9 Å². The third-order valence-electron chi connectivity index (χ3n) is 10.2. The number of carbonyl (C=O) groups excluding carboxylic acids is 1. The zero-order valence-electron chi connectivity index (χ0n) is 21.6. The third kappa shape index (κ3) is 4.22. The van der Waals surface area contributed by atoms with E-state index in [2.05, 4.69) is 32.9 Å². The van der Waals surface area contributed by atoms with E-state index in [1.807, 2.05) is 18.2 Å². The summed E-state index contributed by atoms with van der Waals surface area (Å²) in [6, 6.07) is 8.93. The quantitative estimate of drug-likeness (QED) is 0.435. The first-order valence-electron chi connectivity index (χ1n) is 13.4. The predicted octanol–water partition coefficient (Wildman–Crippen LogP) is 6.53. The average Bonchev–Trinajstić information content (AvgIpc) is 3.17. The molecule has 7 atom stereocenters. The highest BCUT2D eigenvalue weighted by Gasteiger charge is 2.57. The first-order valence-corrected chi connectivity index (χ1v) is 15.1. The Kier molecular flexibility index (Phi) is 6.31. The number of fused-ring (bicyclic) bond motifs is 5. The van der Waals surface area contributed by atoms with Gasteiger partial charge in [0.2, 0.25) is 0 Å². The molecule has 4 nitrogen and oxygen atoms in total. The normalized spacial score (nSPS) is 37.3. The van der Waals surface area contributed by atoms with Crippen molar-refractivity contribution >= 4 is 15.8 Å². The van der Waals surface area contributed by atoms with Crippen LogP contribution in [0.15, 0.2) is 58.5 Å². The summed E-state index contributed by atoms with van der Waals surface area (Å²) in [6.45, 7) is 8.54. The van der Waals surface area contributed by atoms with Crippen LogP contribution in [0.3, 0.4) is 0 Å². The lowest BCUT2D eigenvalue weighted by Crippen LogP contribution is -2.47. The van der Waals surface area contributed by atoms with Crippen LogP contribution in [0.5, 0.6) is 0 Å². The maximum Gasteiger partial charge on any atom is 0.302 e. The van der Waals surface area contributed by atoms with Crippen molar-refractivity contribution in [1.82, 2.24) is 0 Å². The molecule has 1 aromatic carbocycles. The second-order valence-electron chi connectivity index (χ2n) is 12.2. The van der Waals surface area contributed by atoms with Gasteiger partial charge in [-0.05, 0) is 85.2 Å². The van der Waals surface area contributed by atoms with Crippen LogP contribution in [0.1, 0.15) is 72.6 Å².